The van der Waals surface area contributed by atoms with E-state index in [9.17, 15) is 15.0 Å². The first-order valence-electron chi connectivity index (χ1n) is 5.43. The number of primary amides is 1. The topological polar surface area (TPSA) is 126 Å². The Balaban J connectivity index is 2.27. The minimum Gasteiger partial charge on any atom is -0.394 e. The first kappa shape index (κ1) is 12.9. The molecule has 1 aliphatic rings. The Morgan fingerprint density at radius 1 is 1.39 bits per heavy atom. The average molecular weight is 254 g/mol. The second-order valence-electron chi connectivity index (χ2n) is 4.07. The lowest BCUT2D eigenvalue weighted by molar-refractivity contribution is -0.0239. The van der Waals surface area contributed by atoms with E-state index in [1.807, 2.05) is 0 Å². The Morgan fingerprint density at radius 2 is 2.11 bits per heavy atom. The highest BCUT2D eigenvalue weighted by atomic mass is 16.6. The number of rotatable bonds is 3. The van der Waals surface area contributed by atoms with Gasteiger partial charge in [-0.2, -0.15) is 0 Å². The number of ether oxygens (including phenoxy) is 1. The van der Waals surface area contributed by atoms with Crippen molar-refractivity contribution in [1.29, 1.82) is 0 Å². The van der Waals surface area contributed by atoms with Gasteiger partial charge in [0.2, 0.25) is 0 Å². The minimum atomic E-state index is -1.21. The van der Waals surface area contributed by atoms with Crippen LogP contribution in [-0.2, 0) is 4.74 Å². The van der Waals surface area contributed by atoms with E-state index in [1.165, 1.54) is 6.07 Å². The van der Waals surface area contributed by atoms with Crippen LogP contribution >= 0.6 is 0 Å². The van der Waals surface area contributed by atoms with Crippen LogP contribution in [0.15, 0.2) is 18.2 Å². The summed E-state index contributed by atoms with van der Waals surface area (Å²) < 4.78 is 5.29. The number of carbonyl (C=O) groups excluding carboxylic acids is 1. The Hall–Kier alpha value is -1.54. The van der Waals surface area contributed by atoms with E-state index in [4.69, 9.17) is 15.6 Å². The number of aliphatic hydroxyl groups excluding tert-OH is 3. The minimum absolute atomic E-state index is 0.0465. The third-order valence-corrected chi connectivity index (χ3v) is 2.86. The zero-order valence-corrected chi connectivity index (χ0v) is 9.43. The van der Waals surface area contributed by atoms with E-state index < -0.39 is 36.9 Å². The van der Waals surface area contributed by atoms with Gasteiger partial charge in [0, 0.05) is 0 Å². The van der Waals surface area contributed by atoms with Crippen molar-refractivity contribution in [3.63, 3.8) is 0 Å². The van der Waals surface area contributed by atoms with Crippen molar-refractivity contribution in [3.8, 4) is 0 Å². The number of nitrogens with two attached hydrogens (primary N) is 1. The monoisotopic (exact) mass is 254 g/mol. The number of aromatic nitrogens is 1. The SMILES string of the molecule is NC(=O)c1cccc([C@@H]2O[C@H](CO)[C@H](O)C2O)n1. The second kappa shape index (κ2) is 4.99. The maximum absolute atomic E-state index is 11.0. The van der Waals surface area contributed by atoms with Gasteiger partial charge in [-0.05, 0) is 12.1 Å². The summed E-state index contributed by atoms with van der Waals surface area (Å²) in [5, 5.41) is 28.4. The van der Waals surface area contributed by atoms with Crippen LogP contribution in [-0.4, -0.2) is 51.1 Å². The van der Waals surface area contributed by atoms with Crippen molar-refractivity contribution in [2.45, 2.75) is 24.4 Å². The summed E-state index contributed by atoms with van der Waals surface area (Å²) in [7, 11) is 0. The Bertz CT molecular complexity index is 453. The third-order valence-electron chi connectivity index (χ3n) is 2.86. The van der Waals surface area contributed by atoms with Crippen LogP contribution in [0.2, 0.25) is 0 Å². The maximum atomic E-state index is 11.0. The number of carbonyl (C=O) groups is 1. The fourth-order valence-electron chi connectivity index (χ4n) is 1.89. The molecule has 0 radical (unpaired) electrons. The van der Waals surface area contributed by atoms with Gasteiger partial charge in [0.25, 0.3) is 5.91 Å². The molecule has 18 heavy (non-hydrogen) atoms. The van der Waals surface area contributed by atoms with Crippen molar-refractivity contribution < 1.29 is 24.9 Å². The lowest BCUT2D eigenvalue weighted by Gasteiger charge is -2.14. The molecule has 0 saturated carbocycles. The summed E-state index contributed by atoms with van der Waals surface area (Å²) in [6.45, 7) is -0.412. The van der Waals surface area contributed by atoms with Crippen LogP contribution in [0.4, 0.5) is 0 Å². The lowest BCUT2D eigenvalue weighted by Crippen LogP contribution is -2.32. The molecule has 4 atom stereocenters. The molecular formula is C11H14N2O5. The summed E-state index contributed by atoms with van der Waals surface area (Å²) in [6, 6.07) is 4.54. The quantitative estimate of drug-likeness (QED) is 0.511. The standard InChI is InChI=1S/C11H14N2O5/c12-11(17)6-3-1-2-5(13-6)10-9(16)8(15)7(4-14)18-10/h1-3,7-10,14-16H,4H2,(H2,12,17)/t7-,8+,9?,10+/m1/s1. The first-order chi connectivity index (χ1) is 8.54. The summed E-state index contributed by atoms with van der Waals surface area (Å²) >= 11 is 0. The van der Waals surface area contributed by atoms with E-state index in [-0.39, 0.29) is 11.4 Å². The van der Waals surface area contributed by atoms with Crippen LogP contribution in [0.3, 0.4) is 0 Å². The van der Waals surface area contributed by atoms with E-state index >= 15 is 0 Å². The number of hydrogen-bond acceptors (Lipinski definition) is 6. The number of pyridine rings is 1. The van der Waals surface area contributed by atoms with Gasteiger partial charge in [-0.25, -0.2) is 4.98 Å². The molecule has 98 valence electrons. The Morgan fingerprint density at radius 3 is 2.67 bits per heavy atom. The van der Waals surface area contributed by atoms with Gasteiger partial charge in [0.15, 0.2) is 0 Å². The fraction of sp³-hybridized carbons (Fsp3) is 0.455. The highest BCUT2D eigenvalue weighted by molar-refractivity contribution is 5.90. The van der Waals surface area contributed by atoms with E-state index in [0.29, 0.717) is 0 Å². The smallest absolute Gasteiger partial charge is 0.267 e. The number of nitrogens with zero attached hydrogens (tertiary/aromatic N) is 1. The highest BCUT2D eigenvalue weighted by Crippen LogP contribution is 2.32. The molecule has 1 amide bonds. The number of hydrogen-bond donors (Lipinski definition) is 4. The highest BCUT2D eigenvalue weighted by Gasteiger charge is 2.43. The van der Waals surface area contributed by atoms with Gasteiger partial charge >= 0.3 is 0 Å². The molecule has 1 fully saturated rings. The van der Waals surface area contributed by atoms with E-state index in [0.717, 1.165) is 0 Å². The van der Waals surface area contributed by atoms with E-state index in [1.54, 1.807) is 12.1 Å². The lowest BCUT2D eigenvalue weighted by atomic mass is 10.1. The summed E-state index contributed by atoms with van der Waals surface area (Å²) in [5.41, 5.74) is 5.44. The molecule has 7 heteroatoms. The largest absolute Gasteiger partial charge is 0.394 e. The zero-order chi connectivity index (χ0) is 13.3. The van der Waals surface area contributed by atoms with Gasteiger partial charge in [-0.15, -0.1) is 0 Å². The molecule has 0 aromatic carbocycles. The molecule has 1 aliphatic heterocycles. The van der Waals surface area contributed by atoms with Gasteiger partial charge < -0.3 is 25.8 Å². The molecule has 1 aromatic rings. The zero-order valence-electron chi connectivity index (χ0n) is 9.43. The molecule has 5 N–H and O–H groups in total. The number of aliphatic hydroxyl groups is 3. The van der Waals surface area contributed by atoms with Crippen LogP contribution < -0.4 is 5.73 Å². The molecule has 2 heterocycles. The third kappa shape index (κ3) is 2.21. The molecular weight excluding hydrogens is 240 g/mol. The van der Waals surface area contributed by atoms with Gasteiger partial charge in [0.1, 0.15) is 30.1 Å². The van der Waals surface area contributed by atoms with Crippen molar-refractivity contribution in [2.24, 2.45) is 5.73 Å². The van der Waals surface area contributed by atoms with E-state index in [2.05, 4.69) is 4.98 Å². The molecule has 1 unspecified atom stereocenters. The van der Waals surface area contributed by atoms with Crippen molar-refractivity contribution in [1.82, 2.24) is 4.98 Å². The molecule has 2 rings (SSSR count). The molecule has 1 aromatic heterocycles. The summed E-state index contributed by atoms with van der Waals surface area (Å²) in [4.78, 5) is 15.0. The normalized spacial score (nSPS) is 31.5. The summed E-state index contributed by atoms with van der Waals surface area (Å²) in [6.07, 6.45) is -4.17. The number of amides is 1. The molecule has 0 aliphatic carbocycles. The molecule has 7 nitrogen and oxygen atoms in total. The predicted molar refractivity (Wildman–Crippen MR) is 59.5 cm³/mol. The van der Waals surface area contributed by atoms with Crippen LogP contribution in [0, 0.1) is 0 Å². The first-order valence-corrected chi connectivity index (χ1v) is 5.43. The van der Waals surface area contributed by atoms with Crippen LogP contribution in [0.1, 0.15) is 22.3 Å². The van der Waals surface area contributed by atoms with Crippen molar-refractivity contribution in [2.75, 3.05) is 6.61 Å². The van der Waals surface area contributed by atoms with Gasteiger partial charge in [-0.1, -0.05) is 6.07 Å². The van der Waals surface area contributed by atoms with Crippen LogP contribution in [0.25, 0.3) is 0 Å². The van der Waals surface area contributed by atoms with Crippen LogP contribution in [0.5, 0.6) is 0 Å². The molecule has 1 saturated heterocycles. The molecule has 0 bridgehead atoms. The predicted octanol–water partition coefficient (Wildman–Crippen LogP) is -1.67. The Labute approximate surface area is 103 Å². The molecule has 0 spiro atoms. The fourth-order valence-corrected chi connectivity index (χ4v) is 1.89. The maximum Gasteiger partial charge on any atom is 0.267 e. The van der Waals surface area contributed by atoms with Gasteiger partial charge in [0.05, 0.1) is 12.3 Å². The average Bonchev–Trinajstić information content (AvgIpc) is 2.66. The van der Waals surface area contributed by atoms with Crippen molar-refractivity contribution >= 4 is 5.91 Å². The Kier molecular flexibility index (Phi) is 3.58. The van der Waals surface area contributed by atoms with Crippen molar-refractivity contribution in [3.05, 3.63) is 29.6 Å². The van der Waals surface area contributed by atoms with Gasteiger partial charge in [-0.3, -0.25) is 4.79 Å². The second-order valence-corrected chi connectivity index (χ2v) is 4.07. The summed E-state index contributed by atoms with van der Waals surface area (Å²) in [5.74, 6) is -0.691.